The van der Waals surface area contributed by atoms with Gasteiger partial charge in [-0.25, -0.2) is 0 Å². The molecule has 4 aromatic rings. The van der Waals surface area contributed by atoms with Gasteiger partial charge in [-0.15, -0.1) is 0 Å². The predicted octanol–water partition coefficient (Wildman–Crippen LogP) is 6.29. The molecule has 0 aliphatic carbocycles. The third-order valence-corrected chi connectivity index (χ3v) is 5.52. The standard InChI is InChI=1S/C26H23ClN2O/c1-30-19-23-24(27)17-18-28-25(23)26(20-11-5-2-6-12-20,21-13-7-3-8-14-21)29-22-15-9-4-10-16-22/h2-18,29H,19H2,1H3. The largest absolute Gasteiger partial charge is 0.380 e. The Kier molecular flexibility index (Phi) is 6.12. The highest BCUT2D eigenvalue weighted by atomic mass is 35.5. The van der Waals surface area contributed by atoms with Gasteiger partial charge in [-0.05, 0) is 29.3 Å². The number of aromatic nitrogens is 1. The Hall–Kier alpha value is -3.14. The van der Waals surface area contributed by atoms with Crippen molar-refractivity contribution in [1.29, 1.82) is 0 Å². The number of anilines is 1. The summed E-state index contributed by atoms with van der Waals surface area (Å²) in [6.45, 7) is 0.361. The molecule has 0 amide bonds. The number of hydrogen-bond donors (Lipinski definition) is 1. The number of para-hydroxylation sites is 1. The van der Waals surface area contributed by atoms with E-state index in [0.29, 0.717) is 11.6 Å². The highest BCUT2D eigenvalue weighted by Crippen LogP contribution is 2.42. The predicted molar refractivity (Wildman–Crippen MR) is 123 cm³/mol. The molecule has 0 aliphatic heterocycles. The monoisotopic (exact) mass is 414 g/mol. The topological polar surface area (TPSA) is 34.1 Å². The SMILES string of the molecule is COCc1c(Cl)ccnc1C(Nc1ccccc1)(c1ccccc1)c1ccccc1. The fourth-order valence-electron chi connectivity index (χ4n) is 3.83. The van der Waals surface area contributed by atoms with Crippen molar-refractivity contribution in [1.82, 2.24) is 4.98 Å². The molecule has 0 bridgehead atoms. The summed E-state index contributed by atoms with van der Waals surface area (Å²) < 4.78 is 5.51. The molecule has 0 saturated heterocycles. The molecule has 4 rings (SSSR count). The van der Waals surface area contributed by atoms with Gasteiger partial charge in [0.05, 0.1) is 12.3 Å². The highest BCUT2D eigenvalue weighted by molar-refractivity contribution is 6.31. The first-order valence-corrected chi connectivity index (χ1v) is 10.2. The molecule has 1 heterocycles. The average Bonchev–Trinajstić information content (AvgIpc) is 2.81. The second kappa shape index (κ2) is 9.12. The fraction of sp³-hybridized carbons (Fsp3) is 0.115. The van der Waals surface area contributed by atoms with Gasteiger partial charge in [0.1, 0.15) is 5.54 Å². The lowest BCUT2D eigenvalue weighted by molar-refractivity contribution is 0.183. The van der Waals surface area contributed by atoms with E-state index in [1.54, 1.807) is 13.3 Å². The number of ether oxygens (including phenoxy) is 1. The molecule has 0 radical (unpaired) electrons. The van der Waals surface area contributed by atoms with Crippen molar-refractivity contribution in [2.75, 3.05) is 12.4 Å². The normalized spacial score (nSPS) is 11.3. The number of nitrogens with zero attached hydrogens (tertiary/aromatic N) is 1. The molecule has 0 unspecified atom stereocenters. The summed E-state index contributed by atoms with van der Waals surface area (Å²) in [4.78, 5) is 4.85. The van der Waals surface area contributed by atoms with Crippen LogP contribution in [0.4, 0.5) is 5.69 Å². The van der Waals surface area contributed by atoms with Gasteiger partial charge >= 0.3 is 0 Å². The van der Waals surface area contributed by atoms with Crippen molar-refractivity contribution < 1.29 is 4.74 Å². The number of methoxy groups -OCH3 is 1. The number of pyridine rings is 1. The van der Waals surface area contributed by atoms with Crippen LogP contribution >= 0.6 is 11.6 Å². The van der Waals surface area contributed by atoms with Gasteiger partial charge < -0.3 is 10.1 Å². The third-order valence-electron chi connectivity index (χ3n) is 5.16. The van der Waals surface area contributed by atoms with Crippen LogP contribution in [0.25, 0.3) is 0 Å². The van der Waals surface area contributed by atoms with Crippen LogP contribution in [0.1, 0.15) is 22.4 Å². The van der Waals surface area contributed by atoms with E-state index in [2.05, 4.69) is 41.7 Å². The van der Waals surface area contributed by atoms with E-state index >= 15 is 0 Å². The van der Waals surface area contributed by atoms with E-state index in [1.165, 1.54) is 0 Å². The summed E-state index contributed by atoms with van der Waals surface area (Å²) in [6, 6.07) is 32.6. The summed E-state index contributed by atoms with van der Waals surface area (Å²) in [6.07, 6.45) is 1.75. The Morgan fingerprint density at radius 1 is 0.800 bits per heavy atom. The van der Waals surface area contributed by atoms with Crippen LogP contribution in [0.2, 0.25) is 5.02 Å². The first kappa shape index (κ1) is 20.1. The van der Waals surface area contributed by atoms with Gasteiger partial charge in [-0.1, -0.05) is 90.5 Å². The summed E-state index contributed by atoms with van der Waals surface area (Å²) >= 11 is 6.64. The Morgan fingerprint density at radius 3 is 1.87 bits per heavy atom. The zero-order valence-corrected chi connectivity index (χ0v) is 17.5. The highest BCUT2D eigenvalue weighted by Gasteiger charge is 2.40. The Balaban J connectivity index is 2.07. The maximum absolute atomic E-state index is 6.64. The molecule has 3 nitrogen and oxygen atoms in total. The number of hydrogen-bond acceptors (Lipinski definition) is 3. The van der Waals surface area contributed by atoms with Crippen LogP contribution in [0.5, 0.6) is 0 Å². The van der Waals surface area contributed by atoms with Crippen molar-refractivity contribution in [2.24, 2.45) is 0 Å². The van der Waals surface area contributed by atoms with Crippen LogP contribution in [-0.4, -0.2) is 12.1 Å². The van der Waals surface area contributed by atoms with Gasteiger partial charge in [0.15, 0.2) is 0 Å². The number of benzene rings is 3. The minimum Gasteiger partial charge on any atom is -0.380 e. The van der Waals surface area contributed by atoms with Crippen LogP contribution in [0.15, 0.2) is 103 Å². The molecule has 0 spiro atoms. The lowest BCUT2D eigenvalue weighted by atomic mass is 9.77. The number of halogens is 1. The first-order chi connectivity index (χ1) is 14.8. The first-order valence-electron chi connectivity index (χ1n) is 9.83. The minimum absolute atomic E-state index is 0.361. The van der Waals surface area contributed by atoms with E-state index in [4.69, 9.17) is 21.3 Å². The quantitative estimate of drug-likeness (QED) is 0.386. The zero-order chi connectivity index (χ0) is 20.8. The zero-order valence-electron chi connectivity index (χ0n) is 16.8. The summed E-state index contributed by atoms with van der Waals surface area (Å²) in [5.41, 5.74) is 4.02. The molecule has 150 valence electrons. The van der Waals surface area contributed by atoms with Crippen molar-refractivity contribution in [2.45, 2.75) is 12.1 Å². The summed E-state index contributed by atoms with van der Waals surface area (Å²) in [5, 5.41) is 4.42. The van der Waals surface area contributed by atoms with E-state index in [9.17, 15) is 0 Å². The van der Waals surface area contributed by atoms with Gasteiger partial charge in [0.25, 0.3) is 0 Å². The Labute approximate surface area is 182 Å². The molecular formula is C26H23ClN2O. The average molecular weight is 415 g/mol. The molecule has 0 saturated carbocycles. The van der Waals surface area contributed by atoms with Gasteiger partial charge in [0, 0.05) is 29.6 Å². The molecule has 1 aromatic heterocycles. The molecule has 4 heteroatoms. The molecular weight excluding hydrogens is 392 g/mol. The Morgan fingerprint density at radius 2 is 1.33 bits per heavy atom. The molecule has 0 fully saturated rings. The van der Waals surface area contributed by atoms with Crippen LogP contribution in [0.3, 0.4) is 0 Å². The van der Waals surface area contributed by atoms with Crippen molar-refractivity contribution >= 4 is 17.3 Å². The Bertz CT molecular complexity index is 1050. The number of rotatable bonds is 7. The summed E-state index contributed by atoms with van der Waals surface area (Å²) in [7, 11) is 1.67. The molecule has 0 atom stereocenters. The smallest absolute Gasteiger partial charge is 0.131 e. The molecule has 0 aliphatic rings. The van der Waals surface area contributed by atoms with E-state index in [-0.39, 0.29) is 0 Å². The van der Waals surface area contributed by atoms with Crippen molar-refractivity contribution in [3.05, 3.63) is 131 Å². The number of nitrogens with one attached hydrogen (secondary N) is 1. The van der Waals surface area contributed by atoms with Crippen LogP contribution in [0, 0.1) is 0 Å². The second-order valence-electron chi connectivity index (χ2n) is 7.03. The molecule has 3 aromatic carbocycles. The lowest BCUT2D eigenvalue weighted by Gasteiger charge is -2.38. The molecule has 1 N–H and O–H groups in total. The van der Waals surface area contributed by atoms with Gasteiger partial charge in [-0.2, -0.15) is 0 Å². The maximum Gasteiger partial charge on any atom is 0.131 e. The third kappa shape index (κ3) is 3.82. The fourth-order valence-corrected chi connectivity index (χ4v) is 4.03. The van der Waals surface area contributed by atoms with E-state index in [1.807, 2.05) is 60.7 Å². The van der Waals surface area contributed by atoms with Crippen LogP contribution in [-0.2, 0) is 16.9 Å². The molecule has 30 heavy (non-hydrogen) atoms. The van der Waals surface area contributed by atoms with Gasteiger partial charge in [-0.3, -0.25) is 4.98 Å². The lowest BCUT2D eigenvalue weighted by Crippen LogP contribution is -2.40. The van der Waals surface area contributed by atoms with Crippen molar-refractivity contribution in [3.63, 3.8) is 0 Å². The summed E-state index contributed by atoms with van der Waals surface area (Å²) in [5.74, 6) is 0. The second-order valence-corrected chi connectivity index (χ2v) is 7.43. The van der Waals surface area contributed by atoms with Crippen LogP contribution < -0.4 is 5.32 Å². The maximum atomic E-state index is 6.64. The van der Waals surface area contributed by atoms with E-state index < -0.39 is 5.54 Å². The van der Waals surface area contributed by atoms with E-state index in [0.717, 1.165) is 28.1 Å². The minimum atomic E-state index is -0.761. The van der Waals surface area contributed by atoms with Gasteiger partial charge in [0.2, 0.25) is 0 Å². The van der Waals surface area contributed by atoms with Crippen molar-refractivity contribution in [3.8, 4) is 0 Å².